The van der Waals surface area contributed by atoms with Gasteiger partial charge in [-0.25, -0.2) is 0 Å². The molecule has 0 aliphatic carbocycles. The number of anilines is 1. The first-order valence-electron chi connectivity index (χ1n) is 6.44. The number of hydrogen-bond acceptors (Lipinski definition) is 5. The van der Waals surface area contributed by atoms with Crippen LogP contribution in [-0.2, 0) is 0 Å². The number of rotatable bonds is 5. The Morgan fingerprint density at radius 2 is 2.15 bits per heavy atom. The molecule has 4 N–H and O–H groups in total. The minimum Gasteiger partial charge on any atom is -0.409 e. The Kier molecular flexibility index (Phi) is 4.37. The minimum absolute atomic E-state index is 0.00893. The van der Waals surface area contributed by atoms with E-state index in [1.165, 1.54) is 0 Å². The third-order valence-electron chi connectivity index (χ3n) is 3.20. The summed E-state index contributed by atoms with van der Waals surface area (Å²) in [6.07, 6.45) is 1.59. The van der Waals surface area contributed by atoms with Gasteiger partial charge in [-0.3, -0.25) is 4.98 Å². The van der Waals surface area contributed by atoms with Crippen LogP contribution in [0, 0.1) is 0 Å². The van der Waals surface area contributed by atoms with Crippen LogP contribution in [0.1, 0.15) is 12.5 Å². The van der Waals surface area contributed by atoms with Gasteiger partial charge in [-0.05, 0) is 13.0 Å². The van der Waals surface area contributed by atoms with Crippen molar-refractivity contribution in [1.29, 1.82) is 0 Å². The smallest absolute Gasteiger partial charge is 0.173 e. The number of aliphatic hydroxyl groups excluding tert-OH is 1. The Balaban J connectivity index is 2.73. The number of amidine groups is 1. The highest BCUT2D eigenvalue weighted by molar-refractivity contribution is 6.08. The van der Waals surface area contributed by atoms with Gasteiger partial charge >= 0.3 is 0 Å². The summed E-state index contributed by atoms with van der Waals surface area (Å²) >= 11 is 0. The monoisotopic (exact) mass is 274 g/mol. The molecule has 2 rings (SSSR count). The summed E-state index contributed by atoms with van der Waals surface area (Å²) < 4.78 is 0. The number of aliphatic hydroxyl groups is 1. The molecule has 106 valence electrons. The van der Waals surface area contributed by atoms with E-state index < -0.39 is 0 Å². The number of nitrogens with zero attached hydrogens (tertiary/aromatic N) is 3. The first-order chi connectivity index (χ1) is 9.72. The molecule has 0 aliphatic rings. The molecule has 0 unspecified atom stereocenters. The molecule has 6 nitrogen and oxygen atoms in total. The van der Waals surface area contributed by atoms with Crippen molar-refractivity contribution in [2.24, 2.45) is 10.9 Å². The molecule has 20 heavy (non-hydrogen) atoms. The zero-order valence-electron chi connectivity index (χ0n) is 11.3. The maximum Gasteiger partial charge on any atom is 0.173 e. The van der Waals surface area contributed by atoms with Gasteiger partial charge in [-0.2, -0.15) is 0 Å². The molecule has 0 bridgehead atoms. The number of hydrogen-bond donors (Lipinski definition) is 3. The molecule has 1 aromatic heterocycles. The maximum absolute atomic E-state index is 9.22. The van der Waals surface area contributed by atoms with Crippen LogP contribution in [-0.4, -0.2) is 40.8 Å². The third-order valence-corrected chi connectivity index (χ3v) is 3.20. The first kappa shape index (κ1) is 14.1. The SMILES string of the molecule is CCN(CCO)c1c(/C(N)=N/O)cnc2ccccc12. The lowest BCUT2D eigenvalue weighted by atomic mass is 10.1. The topological polar surface area (TPSA) is 95.0 Å². The zero-order chi connectivity index (χ0) is 14.5. The lowest BCUT2D eigenvalue weighted by Gasteiger charge is -2.26. The van der Waals surface area contributed by atoms with E-state index in [2.05, 4.69) is 10.1 Å². The summed E-state index contributed by atoms with van der Waals surface area (Å²) in [5.41, 5.74) is 7.95. The molecule has 0 radical (unpaired) electrons. The molecule has 0 saturated heterocycles. The molecule has 6 heteroatoms. The third kappa shape index (κ3) is 2.50. The van der Waals surface area contributed by atoms with Gasteiger partial charge in [0, 0.05) is 24.7 Å². The van der Waals surface area contributed by atoms with Gasteiger partial charge in [-0.15, -0.1) is 0 Å². The lowest BCUT2D eigenvalue weighted by molar-refractivity contribution is 0.302. The van der Waals surface area contributed by atoms with E-state index in [9.17, 15) is 5.11 Å². The number of benzene rings is 1. The Hall–Kier alpha value is -2.34. The molecule has 2 aromatic rings. The van der Waals surface area contributed by atoms with Crippen LogP contribution < -0.4 is 10.6 Å². The van der Waals surface area contributed by atoms with E-state index >= 15 is 0 Å². The van der Waals surface area contributed by atoms with Gasteiger partial charge in [0.25, 0.3) is 0 Å². The number of para-hydroxylation sites is 1. The Morgan fingerprint density at radius 1 is 1.40 bits per heavy atom. The Morgan fingerprint density at radius 3 is 2.80 bits per heavy atom. The normalized spacial score (nSPS) is 11.8. The molecule has 1 heterocycles. The van der Waals surface area contributed by atoms with Crippen molar-refractivity contribution >= 4 is 22.4 Å². The van der Waals surface area contributed by atoms with Crippen LogP contribution in [0.2, 0.25) is 0 Å². The number of fused-ring (bicyclic) bond motifs is 1. The van der Waals surface area contributed by atoms with Crippen LogP contribution >= 0.6 is 0 Å². The predicted octanol–water partition coefficient (Wildman–Crippen LogP) is 1.15. The second-order valence-corrected chi connectivity index (χ2v) is 4.33. The first-order valence-corrected chi connectivity index (χ1v) is 6.44. The van der Waals surface area contributed by atoms with Gasteiger partial charge in [-0.1, -0.05) is 23.4 Å². The quantitative estimate of drug-likeness (QED) is 0.329. The summed E-state index contributed by atoms with van der Waals surface area (Å²) in [7, 11) is 0. The standard InChI is InChI=1S/C14H18N4O2/c1-2-18(7-8-19)13-10-5-3-4-6-12(10)16-9-11(13)14(15)17-20/h3-6,9,19-20H,2,7-8H2,1H3,(H2,15,17). The van der Waals surface area contributed by atoms with Crippen molar-refractivity contribution < 1.29 is 10.3 Å². The van der Waals surface area contributed by atoms with Crippen molar-refractivity contribution in [1.82, 2.24) is 4.98 Å². The fraction of sp³-hybridized carbons (Fsp3) is 0.286. The van der Waals surface area contributed by atoms with Gasteiger partial charge in [0.2, 0.25) is 0 Å². The number of oxime groups is 1. The molecular formula is C14H18N4O2. The maximum atomic E-state index is 9.22. The highest BCUT2D eigenvalue weighted by Crippen LogP contribution is 2.29. The van der Waals surface area contributed by atoms with Crippen molar-refractivity contribution in [3.63, 3.8) is 0 Å². The summed E-state index contributed by atoms with van der Waals surface area (Å²) in [6.45, 7) is 3.18. The second-order valence-electron chi connectivity index (χ2n) is 4.33. The van der Waals surface area contributed by atoms with Crippen LogP contribution in [0.15, 0.2) is 35.6 Å². The van der Waals surface area contributed by atoms with E-state index in [1.807, 2.05) is 36.1 Å². The number of nitrogens with two attached hydrogens (primary N) is 1. The predicted molar refractivity (Wildman–Crippen MR) is 79.2 cm³/mol. The van der Waals surface area contributed by atoms with E-state index in [0.717, 1.165) is 16.6 Å². The molecule has 0 amide bonds. The summed E-state index contributed by atoms with van der Waals surface area (Å²) in [5.74, 6) is 0.00893. The van der Waals surface area contributed by atoms with E-state index in [0.29, 0.717) is 18.7 Å². The highest BCUT2D eigenvalue weighted by atomic mass is 16.4. The van der Waals surface area contributed by atoms with E-state index in [1.54, 1.807) is 6.20 Å². The molecular weight excluding hydrogens is 256 g/mol. The van der Waals surface area contributed by atoms with Crippen molar-refractivity contribution in [2.45, 2.75) is 6.92 Å². The number of pyridine rings is 1. The molecule has 0 fully saturated rings. The number of aromatic nitrogens is 1. The highest BCUT2D eigenvalue weighted by Gasteiger charge is 2.17. The van der Waals surface area contributed by atoms with Crippen LogP contribution in [0.3, 0.4) is 0 Å². The zero-order valence-corrected chi connectivity index (χ0v) is 11.3. The van der Waals surface area contributed by atoms with E-state index in [-0.39, 0.29) is 12.4 Å². The summed E-state index contributed by atoms with van der Waals surface area (Å²) in [4.78, 5) is 6.31. The molecule has 0 saturated carbocycles. The van der Waals surface area contributed by atoms with Crippen molar-refractivity contribution in [3.8, 4) is 0 Å². The Labute approximate surface area is 117 Å². The molecule has 0 spiro atoms. The molecule has 0 atom stereocenters. The Bertz CT molecular complexity index is 628. The molecule has 0 aliphatic heterocycles. The summed E-state index contributed by atoms with van der Waals surface area (Å²) in [5, 5.41) is 22.1. The van der Waals surface area contributed by atoms with Gasteiger partial charge in [0.1, 0.15) is 0 Å². The van der Waals surface area contributed by atoms with Crippen LogP contribution in [0.4, 0.5) is 5.69 Å². The number of likely N-dealkylation sites (N-methyl/N-ethyl adjacent to an activating group) is 1. The fourth-order valence-electron chi connectivity index (χ4n) is 2.26. The average Bonchev–Trinajstić information content (AvgIpc) is 2.51. The van der Waals surface area contributed by atoms with Crippen LogP contribution in [0.5, 0.6) is 0 Å². The second kappa shape index (κ2) is 6.21. The van der Waals surface area contributed by atoms with E-state index in [4.69, 9.17) is 10.9 Å². The fourth-order valence-corrected chi connectivity index (χ4v) is 2.26. The minimum atomic E-state index is 0.00893. The average molecular weight is 274 g/mol. The largest absolute Gasteiger partial charge is 0.409 e. The van der Waals surface area contributed by atoms with Crippen molar-refractivity contribution in [3.05, 3.63) is 36.0 Å². The van der Waals surface area contributed by atoms with Gasteiger partial charge < -0.3 is 20.9 Å². The van der Waals surface area contributed by atoms with Crippen LogP contribution in [0.25, 0.3) is 10.9 Å². The van der Waals surface area contributed by atoms with Gasteiger partial charge in [0.15, 0.2) is 5.84 Å². The summed E-state index contributed by atoms with van der Waals surface area (Å²) in [6, 6.07) is 7.66. The lowest BCUT2D eigenvalue weighted by Crippen LogP contribution is -2.29. The van der Waals surface area contributed by atoms with Crippen molar-refractivity contribution in [2.75, 3.05) is 24.6 Å². The molecule has 1 aromatic carbocycles. The van der Waals surface area contributed by atoms with Gasteiger partial charge in [0.05, 0.1) is 23.4 Å².